The Kier molecular flexibility index (Phi) is 6.05. The van der Waals surface area contributed by atoms with Gasteiger partial charge < -0.3 is 14.8 Å². The van der Waals surface area contributed by atoms with Gasteiger partial charge in [0, 0.05) is 6.04 Å². The van der Waals surface area contributed by atoms with Gasteiger partial charge in [0.05, 0.1) is 5.56 Å². The standard InChI is InChI=1S/C18H23N3O4/c1-11(4-5-14-6-8-15(22)9-7-14)19-18(24)21-20-17(23)16-10-12(2)25-13(16)3/h6-11,22H,4-5H2,1-3H3,(H,20,23)(H2,19,21,24). The number of aryl methyl sites for hydroxylation is 3. The van der Waals surface area contributed by atoms with Crippen LogP contribution in [-0.2, 0) is 6.42 Å². The number of hydrazine groups is 1. The zero-order valence-electron chi connectivity index (χ0n) is 14.6. The first-order valence-corrected chi connectivity index (χ1v) is 8.07. The molecule has 2 aromatic rings. The molecule has 4 N–H and O–H groups in total. The Morgan fingerprint density at radius 1 is 1.16 bits per heavy atom. The zero-order chi connectivity index (χ0) is 18.4. The molecule has 0 saturated carbocycles. The minimum Gasteiger partial charge on any atom is -0.508 e. The van der Waals surface area contributed by atoms with E-state index < -0.39 is 11.9 Å². The van der Waals surface area contributed by atoms with Crippen molar-refractivity contribution >= 4 is 11.9 Å². The minimum atomic E-state index is -0.482. The van der Waals surface area contributed by atoms with Crippen LogP contribution in [0, 0.1) is 13.8 Å². The summed E-state index contributed by atoms with van der Waals surface area (Å²) in [6.45, 7) is 5.32. The van der Waals surface area contributed by atoms with Gasteiger partial charge in [0.15, 0.2) is 0 Å². The second-order valence-electron chi connectivity index (χ2n) is 5.99. The molecule has 0 aliphatic carbocycles. The van der Waals surface area contributed by atoms with Crippen molar-refractivity contribution < 1.29 is 19.1 Å². The van der Waals surface area contributed by atoms with E-state index in [1.165, 1.54) is 0 Å². The Balaban J connectivity index is 1.73. The number of phenols is 1. The van der Waals surface area contributed by atoms with Gasteiger partial charge in [0.25, 0.3) is 5.91 Å². The third-order valence-corrected chi connectivity index (χ3v) is 3.76. The Morgan fingerprint density at radius 3 is 2.44 bits per heavy atom. The predicted molar refractivity (Wildman–Crippen MR) is 93.2 cm³/mol. The van der Waals surface area contributed by atoms with Gasteiger partial charge in [-0.15, -0.1) is 0 Å². The van der Waals surface area contributed by atoms with Crippen molar-refractivity contribution in [2.45, 2.75) is 39.7 Å². The van der Waals surface area contributed by atoms with Crippen molar-refractivity contribution in [2.24, 2.45) is 0 Å². The van der Waals surface area contributed by atoms with Gasteiger partial charge in [-0.05, 0) is 57.4 Å². The lowest BCUT2D eigenvalue weighted by Gasteiger charge is -2.15. The molecule has 7 nitrogen and oxygen atoms in total. The van der Waals surface area contributed by atoms with Gasteiger partial charge in [0.2, 0.25) is 0 Å². The summed E-state index contributed by atoms with van der Waals surface area (Å²) in [4.78, 5) is 23.8. The smallest absolute Gasteiger partial charge is 0.333 e. The fraction of sp³-hybridized carbons (Fsp3) is 0.333. The number of aromatic hydroxyl groups is 1. The summed E-state index contributed by atoms with van der Waals surface area (Å²) >= 11 is 0. The minimum absolute atomic E-state index is 0.0800. The van der Waals surface area contributed by atoms with Crippen molar-refractivity contribution in [3.8, 4) is 5.75 Å². The number of furan rings is 1. The number of hydrogen-bond acceptors (Lipinski definition) is 4. The highest BCUT2D eigenvalue weighted by molar-refractivity contribution is 5.96. The van der Waals surface area contributed by atoms with Crippen LogP contribution >= 0.6 is 0 Å². The Bertz CT molecular complexity index is 737. The second-order valence-corrected chi connectivity index (χ2v) is 5.99. The molecule has 0 spiro atoms. The fourth-order valence-corrected chi connectivity index (χ4v) is 2.41. The quantitative estimate of drug-likeness (QED) is 0.625. The van der Waals surface area contributed by atoms with E-state index in [0.29, 0.717) is 17.1 Å². The monoisotopic (exact) mass is 345 g/mol. The van der Waals surface area contributed by atoms with E-state index in [4.69, 9.17) is 4.42 Å². The fourth-order valence-electron chi connectivity index (χ4n) is 2.41. The number of nitrogens with one attached hydrogen (secondary N) is 3. The molecule has 0 aliphatic heterocycles. The molecule has 25 heavy (non-hydrogen) atoms. The van der Waals surface area contributed by atoms with E-state index in [0.717, 1.165) is 18.4 Å². The molecule has 1 aromatic carbocycles. The van der Waals surface area contributed by atoms with Gasteiger partial charge in [-0.2, -0.15) is 0 Å². The summed E-state index contributed by atoms with van der Waals surface area (Å²) in [5.74, 6) is 0.934. The van der Waals surface area contributed by atoms with Crippen molar-refractivity contribution in [3.05, 3.63) is 53.0 Å². The molecule has 3 amide bonds. The first kappa shape index (κ1) is 18.4. The van der Waals surface area contributed by atoms with Crippen LogP contribution in [0.3, 0.4) is 0 Å². The zero-order valence-corrected chi connectivity index (χ0v) is 14.6. The molecule has 0 aliphatic rings. The summed E-state index contributed by atoms with van der Waals surface area (Å²) in [6, 6.07) is 8.01. The van der Waals surface area contributed by atoms with Crippen LogP contribution < -0.4 is 16.2 Å². The molecule has 134 valence electrons. The van der Waals surface area contributed by atoms with E-state index in [1.807, 2.05) is 19.1 Å². The molecule has 0 bridgehead atoms. The van der Waals surface area contributed by atoms with Crippen molar-refractivity contribution in [2.75, 3.05) is 0 Å². The van der Waals surface area contributed by atoms with E-state index in [1.54, 1.807) is 32.0 Å². The first-order chi connectivity index (χ1) is 11.8. The number of amides is 3. The van der Waals surface area contributed by atoms with E-state index in [9.17, 15) is 14.7 Å². The maximum Gasteiger partial charge on any atom is 0.333 e. The Hall–Kier alpha value is -2.96. The highest BCUT2D eigenvalue weighted by Crippen LogP contribution is 2.13. The number of urea groups is 1. The van der Waals surface area contributed by atoms with Crippen LogP contribution in [0.1, 0.15) is 40.8 Å². The molecular formula is C18H23N3O4. The van der Waals surface area contributed by atoms with Gasteiger partial charge in [-0.3, -0.25) is 10.2 Å². The van der Waals surface area contributed by atoms with Crippen LogP contribution in [0.25, 0.3) is 0 Å². The first-order valence-electron chi connectivity index (χ1n) is 8.07. The molecule has 7 heteroatoms. The summed E-state index contributed by atoms with van der Waals surface area (Å²) in [5, 5.41) is 12.0. The van der Waals surface area contributed by atoms with Crippen LogP contribution in [0.15, 0.2) is 34.7 Å². The predicted octanol–water partition coefficient (Wildman–Crippen LogP) is 2.57. The second kappa shape index (κ2) is 8.23. The van der Waals surface area contributed by atoms with Gasteiger partial charge in [0.1, 0.15) is 17.3 Å². The van der Waals surface area contributed by atoms with E-state index in [-0.39, 0.29) is 11.8 Å². The summed E-state index contributed by atoms with van der Waals surface area (Å²) in [6.07, 6.45) is 1.49. The number of rotatable bonds is 5. The Labute approximate surface area is 146 Å². The average molecular weight is 345 g/mol. The van der Waals surface area contributed by atoms with Crippen LogP contribution in [0.4, 0.5) is 4.79 Å². The van der Waals surface area contributed by atoms with Crippen LogP contribution in [-0.4, -0.2) is 23.1 Å². The normalized spacial score (nSPS) is 11.6. The van der Waals surface area contributed by atoms with Crippen molar-refractivity contribution in [1.82, 2.24) is 16.2 Å². The highest BCUT2D eigenvalue weighted by Gasteiger charge is 2.14. The molecule has 1 atom stereocenters. The summed E-state index contributed by atoms with van der Waals surface area (Å²) in [5.41, 5.74) is 6.14. The maximum absolute atomic E-state index is 12.0. The SMILES string of the molecule is Cc1cc(C(=O)NNC(=O)NC(C)CCc2ccc(O)cc2)c(C)o1. The van der Waals surface area contributed by atoms with Crippen molar-refractivity contribution in [3.63, 3.8) is 0 Å². The summed E-state index contributed by atoms with van der Waals surface area (Å²) in [7, 11) is 0. The van der Waals surface area contributed by atoms with Crippen molar-refractivity contribution in [1.29, 1.82) is 0 Å². The van der Waals surface area contributed by atoms with Gasteiger partial charge in [-0.25, -0.2) is 10.2 Å². The molecule has 1 aromatic heterocycles. The Morgan fingerprint density at radius 2 is 1.84 bits per heavy atom. The third-order valence-electron chi connectivity index (χ3n) is 3.76. The van der Waals surface area contributed by atoms with Gasteiger partial charge in [-0.1, -0.05) is 12.1 Å². The lowest BCUT2D eigenvalue weighted by atomic mass is 10.1. The molecule has 1 unspecified atom stereocenters. The maximum atomic E-state index is 12.0. The molecular weight excluding hydrogens is 322 g/mol. The lowest BCUT2D eigenvalue weighted by Crippen LogP contribution is -2.49. The van der Waals surface area contributed by atoms with Crippen LogP contribution in [0.2, 0.25) is 0 Å². The van der Waals surface area contributed by atoms with E-state index in [2.05, 4.69) is 16.2 Å². The third kappa shape index (κ3) is 5.56. The highest BCUT2D eigenvalue weighted by atomic mass is 16.3. The summed E-state index contributed by atoms with van der Waals surface area (Å²) < 4.78 is 5.28. The number of phenolic OH excluding ortho intramolecular Hbond substituents is 1. The van der Waals surface area contributed by atoms with Crippen LogP contribution in [0.5, 0.6) is 5.75 Å². The topological polar surface area (TPSA) is 104 Å². The van der Waals surface area contributed by atoms with Gasteiger partial charge >= 0.3 is 6.03 Å². The molecule has 2 rings (SSSR count). The largest absolute Gasteiger partial charge is 0.508 e. The average Bonchev–Trinajstić information content (AvgIpc) is 2.90. The lowest BCUT2D eigenvalue weighted by molar-refractivity contribution is 0.0934. The molecule has 0 fully saturated rings. The number of hydrogen-bond donors (Lipinski definition) is 4. The number of carbonyl (C=O) groups is 2. The molecule has 1 heterocycles. The molecule has 0 saturated heterocycles. The number of benzene rings is 1. The molecule has 0 radical (unpaired) electrons. The van der Waals surface area contributed by atoms with E-state index >= 15 is 0 Å². The number of carbonyl (C=O) groups excluding carboxylic acids is 2.